The molecule has 0 atom stereocenters. The van der Waals surface area contributed by atoms with Crippen LogP contribution < -0.4 is 10.5 Å². The summed E-state index contributed by atoms with van der Waals surface area (Å²) in [7, 11) is -3.87. The SMILES string of the molecule is N#Cc1ccc(NS(=O)(=O)c2cnc(N)nc2)c(Cl)c1. The van der Waals surface area contributed by atoms with E-state index in [4.69, 9.17) is 22.6 Å². The minimum Gasteiger partial charge on any atom is -0.368 e. The third-order valence-electron chi connectivity index (χ3n) is 2.30. The van der Waals surface area contributed by atoms with Crippen LogP contribution in [0.1, 0.15) is 5.56 Å². The molecule has 1 heterocycles. The summed E-state index contributed by atoms with van der Waals surface area (Å²) < 4.78 is 26.4. The number of halogens is 1. The molecule has 0 saturated carbocycles. The Kier molecular flexibility index (Phi) is 3.74. The van der Waals surface area contributed by atoms with Crippen molar-refractivity contribution >= 4 is 33.3 Å². The van der Waals surface area contributed by atoms with Crippen molar-refractivity contribution in [3.8, 4) is 6.07 Å². The molecule has 0 bridgehead atoms. The Morgan fingerprint density at radius 2 is 1.95 bits per heavy atom. The zero-order valence-electron chi connectivity index (χ0n) is 9.91. The monoisotopic (exact) mass is 309 g/mol. The third kappa shape index (κ3) is 2.96. The van der Waals surface area contributed by atoms with Crippen molar-refractivity contribution in [2.24, 2.45) is 0 Å². The van der Waals surface area contributed by atoms with Crippen LogP contribution in [0.3, 0.4) is 0 Å². The number of rotatable bonds is 3. The topological polar surface area (TPSA) is 122 Å². The van der Waals surface area contributed by atoms with Gasteiger partial charge in [-0.1, -0.05) is 11.6 Å². The number of nitrogens with one attached hydrogen (secondary N) is 1. The molecule has 7 nitrogen and oxygen atoms in total. The first-order valence-corrected chi connectivity index (χ1v) is 7.08. The normalized spacial score (nSPS) is 10.8. The maximum Gasteiger partial charge on any atom is 0.265 e. The number of aromatic nitrogens is 2. The first-order chi connectivity index (χ1) is 9.42. The molecular weight excluding hydrogens is 302 g/mol. The zero-order valence-corrected chi connectivity index (χ0v) is 11.5. The van der Waals surface area contributed by atoms with E-state index in [-0.39, 0.29) is 21.6 Å². The predicted octanol–water partition coefficient (Wildman–Crippen LogP) is 1.38. The Morgan fingerprint density at radius 3 is 2.50 bits per heavy atom. The van der Waals surface area contributed by atoms with Gasteiger partial charge in [0.25, 0.3) is 10.0 Å². The van der Waals surface area contributed by atoms with E-state index in [0.717, 1.165) is 12.4 Å². The summed E-state index contributed by atoms with van der Waals surface area (Å²) >= 11 is 5.90. The highest BCUT2D eigenvalue weighted by Gasteiger charge is 2.16. The molecule has 0 unspecified atom stereocenters. The van der Waals surface area contributed by atoms with Crippen LogP contribution >= 0.6 is 11.6 Å². The van der Waals surface area contributed by atoms with Crippen LogP contribution in [-0.4, -0.2) is 18.4 Å². The van der Waals surface area contributed by atoms with Crippen molar-refractivity contribution in [2.75, 3.05) is 10.5 Å². The zero-order chi connectivity index (χ0) is 14.8. The Hall–Kier alpha value is -2.37. The Bertz CT molecular complexity index is 783. The Labute approximate surface area is 120 Å². The summed E-state index contributed by atoms with van der Waals surface area (Å²) in [6, 6.07) is 6.11. The van der Waals surface area contributed by atoms with Gasteiger partial charge in [-0.25, -0.2) is 18.4 Å². The van der Waals surface area contributed by atoms with Gasteiger partial charge in [0.2, 0.25) is 5.95 Å². The highest BCUT2D eigenvalue weighted by atomic mass is 35.5. The maximum absolute atomic E-state index is 12.1. The molecule has 2 aromatic rings. The molecule has 0 fully saturated rings. The molecule has 0 amide bonds. The molecule has 0 spiro atoms. The summed E-state index contributed by atoms with van der Waals surface area (Å²) in [5, 5.41) is 8.83. The smallest absolute Gasteiger partial charge is 0.265 e. The standard InChI is InChI=1S/C11H8ClN5O2S/c12-9-3-7(4-13)1-2-10(9)17-20(18,19)8-5-15-11(14)16-6-8/h1-3,5-6,17H,(H2,14,15,16). The minimum atomic E-state index is -3.87. The molecule has 0 aliphatic carbocycles. The van der Waals surface area contributed by atoms with Crippen molar-refractivity contribution < 1.29 is 8.42 Å². The molecule has 9 heteroatoms. The van der Waals surface area contributed by atoms with E-state index in [2.05, 4.69) is 14.7 Å². The molecule has 20 heavy (non-hydrogen) atoms. The van der Waals surface area contributed by atoms with Crippen molar-refractivity contribution in [3.63, 3.8) is 0 Å². The number of hydrogen-bond acceptors (Lipinski definition) is 6. The quantitative estimate of drug-likeness (QED) is 0.883. The lowest BCUT2D eigenvalue weighted by Crippen LogP contribution is -2.14. The second-order valence-electron chi connectivity index (χ2n) is 3.69. The number of benzene rings is 1. The summed E-state index contributed by atoms with van der Waals surface area (Å²) in [5.74, 6) is -0.0274. The number of anilines is 2. The second kappa shape index (κ2) is 5.32. The van der Waals surface area contributed by atoms with Crippen molar-refractivity contribution in [2.45, 2.75) is 4.90 Å². The Morgan fingerprint density at radius 1 is 1.30 bits per heavy atom. The van der Waals surface area contributed by atoms with Crippen LogP contribution in [0.4, 0.5) is 11.6 Å². The maximum atomic E-state index is 12.1. The molecule has 1 aromatic carbocycles. The van der Waals surface area contributed by atoms with Crippen LogP contribution in [0.2, 0.25) is 5.02 Å². The number of nitrogens with zero attached hydrogens (tertiary/aromatic N) is 3. The number of nitrogen functional groups attached to an aromatic ring is 1. The van der Waals surface area contributed by atoms with Gasteiger partial charge < -0.3 is 5.73 Å². The lowest BCUT2D eigenvalue weighted by molar-refractivity contribution is 0.600. The molecule has 0 saturated heterocycles. The fourth-order valence-corrected chi connectivity index (χ4v) is 2.59. The largest absolute Gasteiger partial charge is 0.368 e. The summed E-state index contributed by atoms with van der Waals surface area (Å²) in [6.45, 7) is 0. The van der Waals surface area contributed by atoms with Crippen LogP contribution in [0, 0.1) is 11.3 Å². The van der Waals surface area contributed by atoms with E-state index >= 15 is 0 Å². The number of sulfonamides is 1. The van der Waals surface area contributed by atoms with Gasteiger partial charge in [0, 0.05) is 0 Å². The minimum absolute atomic E-state index is 0.0274. The van der Waals surface area contributed by atoms with Gasteiger partial charge in [-0.3, -0.25) is 4.72 Å². The van der Waals surface area contributed by atoms with Gasteiger partial charge in [-0.15, -0.1) is 0 Å². The van der Waals surface area contributed by atoms with E-state index in [1.165, 1.54) is 18.2 Å². The molecule has 0 radical (unpaired) electrons. The van der Waals surface area contributed by atoms with E-state index in [0.29, 0.717) is 5.56 Å². The molecule has 102 valence electrons. The summed E-state index contributed by atoms with van der Waals surface area (Å²) in [6.07, 6.45) is 2.17. The second-order valence-corrected chi connectivity index (χ2v) is 5.78. The highest BCUT2D eigenvalue weighted by molar-refractivity contribution is 7.92. The Balaban J connectivity index is 2.34. The van der Waals surface area contributed by atoms with E-state index in [1.54, 1.807) is 0 Å². The van der Waals surface area contributed by atoms with Crippen LogP contribution in [0.15, 0.2) is 35.5 Å². The van der Waals surface area contributed by atoms with Gasteiger partial charge in [0.1, 0.15) is 4.90 Å². The summed E-state index contributed by atoms with van der Waals surface area (Å²) in [5.41, 5.74) is 5.77. The average molecular weight is 310 g/mol. The highest BCUT2D eigenvalue weighted by Crippen LogP contribution is 2.25. The lowest BCUT2D eigenvalue weighted by Gasteiger charge is -2.09. The molecular formula is C11H8ClN5O2S. The summed E-state index contributed by atoms with van der Waals surface area (Å²) in [4.78, 5) is 7.07. The van der Waals surface area contributed by atoms with Crippen LogP contribution in [-0.2, 0) is 10.0 Å². The average Bonchev–Trinajstić information content (AvgIpc) is 2.41. The molecule has 2 rings (SSSR count). The van der Waals surface area contributed by atoms with Gasteiger partial charge in [0.15, 0.2) is 0 Å². The third-order valence-corrected chi connectivity index (χ3v) is 3.93. The number of nitrogens with two attached hydrogens (primary N) is 1. The van der Waals surface area contributed by atoms with E-state index in [9.17, 15) is 8.42 Å². The first kappa shape index (κ1) is 14.0. The van der Waals surface area contributed by atoms with Gasteiger partial charge in [-0.2, -0.15) is 5.26 Å². The number of hydrogen-bond donors (Lipinski definition) is 2. The molecule has 0 aliphatic rings. The molecule has 0 aliphatic heterocycles. The lowest BCUT2D eigenvalue weighted by atomic mass is 10.2. The first-order valence-electron chi connectivity index (χ1n) is 5.22. The van der Waals surface area contributed by atoms with Crippen molar-refractivity contribution in [1.29, 1.82) is 5.26 Å². The van der Waals surface area contributed by atoms with Crippen molar-refractivity contribution in [1.82, 2.24) is 9.97 Å². The van der Waals surface area contributed by atoms with Crippen LogP contribution in [0.25, 0.3) is 0 Å². The van der Waals surface area contributed by atoms with E-state index < -0.39 is 10.0 Å². The van der Waals surface area contributed by atoms with Crippen LogP contribution in [0.5, 0.6) is 0 Å². The van der Waals surface area contributed by atoms with E-state index in [1.807, 2.05) is 6.07 Å². The van der Waals surface area contributed by atoms with Gasteiger partial charge in [0.05, 0.1) is 34.7 Å². The van der Waals surface area contributed by atoms with Gasteiger partial charge in [-0.05, 0) is 18.2 Å². The van der Waals surface area contributed by atoms with Gasteiger partial charge >= 0.3 is 0 Å². The molecule has 3 N–H and O–H groups in total. The fourth-order valence-electron chi connectivity index (χ4n) is 1.34. The molecule has 1 aromatic heterocycles. The predicted molar refractivity (Wildman–Crippen MR) is 73.4 cm³/mol. The van der Waals surface area contributed by atoms with Crippen molar-refractivity contribution in [3.05, 3.63) is 41.2 Å². The number of nitriles is 1. The fraction of sp³-hybridized carbons (Fsp3) is 0.